The van der Waals surface area contributed by atoms with Crippen molar-refractivity contribution in [2.24, 2.45) is 0 Å². The van der Waals surface area contributed by atoms with Gasteiger partial charge in [-0.3, -0.25) is 16.0 Å². The Bertz CT molecular complexity index is 2250. The largest absolute Gasteiger partial charge is 0.279 e. The van der Waals surface area contributed by atoms with E-state index in [1.54, 1.807) is 0 Å². The van der Waals surface area contributed by atoms with Crippen LogP contribution in [0.3, 0.4) is 0 Å². The second-order valence-electron chi connectivity index (χ2n) is 13.3. The van der Waals surface area contributed by atoms with Gasteiger partial charge in [0, 0.05) is 0 Å². The fourth-order valence-electron chi connectivity index (χ4n) is 8.86. The molecule has 49 heavy (non-hydrogen) atoms. The van der Waals surface area contributed by atoms with E-state index in [2.05, 4.69) is 192 Å². The van der Waals surface area contributed by atoms with Crippen LogP contribution in [0.4, 0.5) is 0 Å². The molecule has 234 valence electrons. The van der Waals surface area contributed by atoms with E-state index in [1.165, 1.54) is 72.3 Å². The summed E-state index contributed by atoms with van der Waals surface area (Å²) in [4.78, 5) is 0. The lowest BCUT2D eigenvalue weighted by Gasteiger charge is -2.40. The van der Waals surface area contributed by atoms with Crippen LogP contribution in [0.5, 0.6) is 0 Å². The zero-order valence-electron chi connectivity index (χ0n) is 27.0. The zero-order valence-corrected chi connectivity index (χ0v) is 27.0. The Labute approximate surface area is 287 Å². The van der Waals surface area contributed by atoms with Gasteiger partial charge in [0.05, 0.1) is 23.9 Å². The number of rotatable bonds is 4. The summed E-state index contributed by atoms with van der Waals surface area (Å²) in [5.74, 6) is 0. The first kappa shape index (κ1) is 28.4. The molecule has 3 nitrogen and oxygen atoms in total. The lowest BCUT2D eigenvalue weighted by atomic mass is 9.70. The predicted molar refractivity (Wildman–Crippen MR) is 199 cm³/mol. The van der Waals surface area contributed by atoms with Crippen LogP contribution in [0.1, 0.15) is 57.4 Å². The van der Waals surface area contributed by atoms with Crippen molar-refractivity contribution in [2.75, 3.05) is 0 Å². The molecular weight excluding hydrogens is 595 g/mol. The molecule has 3 N–H and O–H groups in total. The van der Waals surface area contributed by atoms with Crippen molar-refractivity contribution < 1.29 is 0 Å². The minimum absolute atomic E-state index is 0.0392. The lowest BCUT2D eigenvalue weighted by molar-refractivity contribution is 0.203. The first-order valence-corrected chi connectivity index (χ1v) is 17.2. The van der Waals surface area contributed by atoms with Gasteiger partial charge in [-0.25, -0.2) is 0 Å². The third-order valence-corrected chi connectivity index (χ3v) is 10.8. The van der Waals surface area contributed by atoms with Gasteiger partial charge in [-0.15, -0.1) is 0 Å². The minimum atomic E-state index is -0.369. The maximum absolute atomic E-state index is 3.94. The Kier molecular flexibility index (Phi) is 6.53. The van der Waals surface area contributed by atoms with E-state index < -0.39 is 0 Å². The smallest absolute Gasteiger partial charge is 0.0870 e. The summed E-state index contributed by atoms with van der Waals surface area (Å²) in [5.41, 5.74) is 16.5. The highest BCUT2D eigenvalue weighted by atomic mass is 15.4. The molecule has 0 saturated carbocycles. The molecule has 1 aliphatic heterocycles. The Hall–Kier alpha value is -5.58. The van der Waals surface area contributed by atoms with Gasteiger partial charge >= 0.3 is 0 Å². The molecule has 1 heterocycles. The molecule has 1 fully saturated rings. The Morgan fingerprint density at radius 1 is 0.306 bits per heavy atom. The van der Waals surface area contributed by atoms with Gasteiger partial charge in [0.25, 0.3) is 0 Å². The van der Waals surface area contributed by atoms with Gasteiger partial charge in [0.2, 0.25) is 0 Å². The molecule has 3 heteroatoms. The second kappa shape index (κ2) is 11.3. The Morgan fingerprint density at radius 2 is 0.714 bits per heavy atom. The monoisotopic (exact) mass is 629 g/mol. The third-order valence-electron chi connectivity index (χ3n) is 10.8. The summed E-state index contributed by atoms with van der Waals surface area (Å²) in [6, 6.07) is 64.4. The molecular formula is C46H35N3. The molecule has 7 aromatic rings. The molecule has 0 bridgehead atoms. The molecule has 10 rings (SSSR count). The van der Waals surface area contributed by atoms with Crippen molar-refractivity contribution in [3.05, 3.63) is 215 Å². The van der Waals surface area contributed by atoms with Crippen LogP contribution in [0.2, 0.25) is 0 Å². The van der Waals surface area contributed by atoms with E-state index in [1.807, 2.05) is 0 Å². The maximum Gasteiger partial charge on any atom is 0.0870 e. The zero-order chi connectivity index (χ0) is 32.4. The SMILES string of the molecule is c1ccc(C2NC(c3ccccc3)NC(c3ccccc3-c3cccc4c3-c3ccccc3C43c4ccccc4-c4ccccc43)N2)cc1. The molecule has 1 spiro atoms. The van der Waals surface area contributed by atoms with E-state index in [0.717, 1.165) is 0 Å². The summed E-state index contributed by atoms with van der Waals surface area (Å²) in [6.45, 7) is 0. The lowest BCUT2D eigenvalue weighted by Crippen LogP contribution is -2.54. The van der Waals surface area contributed by atoms with Gasteiger partial charge in [0.1, 0.15) is 0 Å². The number of hydrogen-bond acceptors (Lipinski definition) is 3. The minimum Gasteiger partial charge on any atom is -0.279 e. The highest BCUT2D eigenvalue weighted by Crippen LogP contribution is 2.64. The number of fused-ring (bicyclic) bond motifs is 10. The van der Waals surface area contributed by atoms with E-state index >= 15 is 0 Å². The standard InChI is InChI=1S/C46H35N3/c1-3-16-30(17-4-1)43-47-44(31-18-5-2-6-19-31)49-45(48-43)36-23-8-7-20-32(36)35-25-15-29-41-42(35)37-24-11-14-28-40(37)46(41)38-26-12-9-21-33(38)34-22-10-13-27-39(34)46/h1-29,43-45,47-49H. The highest BCUT2D eigenvalue weighted by molar-refractivity contribution is 6.00. The molecule has 2 unspecified atom stereocenters. The van der Waals surface area contributed by atoms with Crippen molar-refractivity contribution in [1.82, 2.24) is 16.0 Å². The predicted octanol–water partition coefficient (Wildman–Crippen LogP) is 9.88. The average Bonchev–Trinajstić information content (AvgIpc) is 3.66. The average molecular weight is 630 g/mol. The fraction of sp³-hybridized carbons (Fsp3) is 0.0870. The Balaban J connectivity index is 1.17. The van der Waals surface area contributed by atoms with Crippen LogP contribution in [0.25, 0.3) is 33.4 Å². The third kappa shape index (κ3) is 4.20. The van der Waals surface area contributed by atoms with E-state index in [4.69, 9.17) is 0 Å². The number of nitrogens with one attached hydrogen (secondary N) is 3. The molecule has 3 aliphatic rings. The molecule has 2 atom stereocenters. The summed E-state index contributed by atoms with van der Waals surface area (Å²) in [5, 5.41) is 11.7. The fourth-order valence-corrected chi connectivity index (χ4v) is 8.86. The van der Waals surface area contributed by atoms with Crippen LogP contribution >= 0.6 is 0 Å². The Morgan fingerprint density at radius 3 is 1.31 bits per heavy atom. The summed E-state index contributed by atoms with van der Waals surface area (Å²) >= 11 is 0. The molecule has 0 aromatic heterocycles. The summed E-state index contributed by atoms with van der Waals surface area (Å²) < 4.78 is 0. The van der Waals surface area contributed by atoms with Crippen molar-refractivity contribution in [2.45, 2.75) is 23.9 Å². The van der Waals surface area contributed by atoms with E-state index in [-0.39, 0.29) is 23.9 Å². The normalized spacial score (nSPS) is 19.6. The molecule has 2 aliphatic carbocycles. The van der Waals surface area contributed by atoms with Crippen molar-refractivity contribution in [3.63, 3.8) is 0 Å². The quantitative estimate of drug-likeness (QED) is 0.181. The van der Waals surface area contributed by atoms with Crippen molar-refractivity contribution >= 4 is 0 Å². The topological polar surface area (TPSA) is 36.1 Å². The van der Waals surface area contributed by atoms with E-state index in [0.29, 0.717) is 0 Å². The first-order chi connectivity index (χ1) is 24.3. The molecule has 7 aromatic carbocycles. The van der Waals surface area contributed by atoms with Gasteiger partial charge < -0.3 is 0 Å². The van der Waals surface area contributed by atoms with Crippen LogP contribution < -0.4 is 16.0 Å². The van der Waals surface area contributed by atoms with Crippen LogP contribution in [-0.4, -0.2) is 0 Å². The highest BCUT2D eigenvalue weighted by Gasteiger charge is 2.52. The second-order valence-corrected chi connectivity index (χ2v) is 13.3. The first-order valence-electron chi connectivity index (χ1n) is 17.2. The van der Waals surface area contributed by atoms with Gasteiger partial charge in [-0.1, -0.05) is 176 Å². The van der Waals surface area contributed by atoms with Gasteiger partial charge in [0.15, 0.2) is 0 Å². The van der Waals surface area contributed by atoms with Crippen LogP contribution in [-0.2, 0) is 5.41 Å². The van der Waals surface area contributed by atoms with Crippen molar-refractivity contribution in [1.29, 1.82) is 0 Å². The summed E-state index contributed by atoms with van der Waals surface area (Å²) in [6.07, 6.45) is -0.187. The van der Waals surface area contributed by atoms with Crippen molar-refractivity contribution in [3.8, 4) is 33.4 Å². The molecule has 0 amide bonds. The van der Waals surface area contributed by atoms with E-state index in [9.17, 15) is 0 Å². The summed E-state index contributed by atoms with van der Waals surface area (Å²) in [7, 11) is 0. The molecule has 0 radical (unpaired) electrons. The van der Waals surface area contributed by atoms with Crippen LogP contribution in [0, 0.1) is 0 Å². The maximum atomic E-state index is 3.94. The van der Waals surface area contributed by atoms with Gasteiger partial charge in [-0.2, -0.15) is 0 Å². The van der Waals surface area contributed by atoms with Crippen LogP contribution in [0.15, 0.2) is 176 Å². The van der Waals surface area contributed by atoms with Gasteiger partial charge in [-0.05, 0) is 72.3 Å². The number of benzene rings is 7. The molecule has 1 saturated heterocycles. The number of hydrogen-bond donors (Lipinski definition) is 3.